The Kier molecular flexibility index (Phi) is 12.0. The van der Waals surface area contributed by atoms with E-state index in [0.29, 0.717) is 0 Å². The second-order valence-corrected chi connectivity index (χ2v) is 6.80. The van der Waals surface area contributed by atoms with Crippen molar-refractivity contribution >= 4 is 0 Å². The van der Waals surface area contributed by atoms with Gasteiger partial charge in [-0.3, -0.25) is 0 Å². The van der Waals surface area contributed by atoms with Crippen LogP contribution in [-0.4, -0.2) is 98.1 Å². The van der Waals surface area contributed by atoms with Crippen molar-refractivity contribution in [2.75, 3.05) is 78.5 Å². The average molecular weight is 327 g/mol. The summed E-state index contributed by atoms with van der Waals surface area (Å²) < 4.78 is 0. The van der Waals surface area contributed by atoms with Crippen LogP contribution in [0.15, 0.2) is 0 Å². The third-order valence-corrected chi connectivity index (χ3v) is 5.37. The van der Waals surface area contributed by atoms with Crippen molar-refractivity contribution in [1.82, 2.24) is 19.6 Å². The Bertz CT molecular complexity index is 246. The molecule has 0 aromatic heterocycles. The highest BCUT2D eigenvalue weighted by molar-refractivity contribution is 4.67. The van der Waals surface area contributed by atoms with Gasteiger partial charge in [-0.05, 0) is 84.7 Å². The molecule has 0 unspecified atom stereocenters. The number of likely N-dealkylation sites (N-methyl/N-ethyl adjacent to an activating group) is 2. The van der Waals surface area contributed by atoms with Gasteiger partial charge in [0.25, 0.3) is 0 Å². The van der Waals surface area contributed by atoms with Crippen molar-refractivity contribution < 1.29 is 0 Å². The fourth-order valence-electron chi connectivity index (χ4n) is 3.55. The van der Waals surface area contributed by atoms with E-state index in [-0.39, 0.29) is 0 Å². The summed E-state index contributed by atoms with van der Waals surface area (Å²) in [6, 6.07) is 0. The molecule has 0 spiro atoms. The molecule has 0 aromatic rings. The average Bonchev–Trinajstić information content (AvgIpc) is 2.59. The Balaban J connectivity index is 2.56. The van der Waals surface area contributed by atoms with Gasteiger partial charge in [0.2, 0.25) is 0 Å². The van der Waals surface area contributed by atoms with Gasteiger partial charge in [0, 0.05) is 13.1 Å². The van der Waals surface area contributed by atoms with Gasteiger partial charge in [-0.2, -0.15) is 0 Å². The first-order valence-corrected chi connectivity index (χ1v) is 10.1. The van der Waals surface area contributed by atoms with Crippen molar-refractivity contribution in [1.29, 1.82) is 0 Å². The van der Waals surface area contributed by atoms with Crippen LogP contribution in [-0.2, 0) is 0 Å². The molecule has 4 heteroatoms. The Labute approximate surface area is 145 Å². The van der Waals surface area contributed by atoms with E-state index in [1.165, 1.54) is 97.8 Å². The van der Waals surface area contributed by atoms with Crippen LogP contribution < -0.4 is 0 Å². The van der Waals surface area contributed by atoms with E-state index in [9.17, 15) is 0 Å². The monoisotopic (exact) mass is 326 g/mol. The maximum absolute atomic E-state index is 2.64. The SMILES string of the molecule is CCN1CCCN(CC)CCCN(CC)CCN(CC)CCC1. The molecule has 0 radical (unpaired) electrons. The molecule has 0 aromatic carbocycles. The van der Waals surface area contributed by atoms with E-state index >= 15 is 0 Å². The smallest absolute Gasteiger partial charge is 0.0109 e. The lowest BCUT2D eigenvalue weighted by Crippen LogP contribution is -2.37. The molecule has 138 valence electrons. The Morgan fingerprint density at radius 3 is 0.826 bits per heavy atom. The van der Waals surface area contributed by atoms with Crippen LogP contribution in [0.1, 0.15) is 47.0 Å². The summed E-state index contributed by atoms with van der Waals surface area (Å²) in [4.78, 5) is 10.5. The quantitative estimate of drug-likeness (QED) is 0.787. The minimum absolute atomic E-state index is 1.19. The zero-order chi connectivity index (χ0) is 16.9. The topological polar surface area (TPSA) is 13.0 Å². The standard InChI is InChI=1S/C19H42N4/c1-5-20-12-9-13-21(6-2)15-11-17-23(8-4)19-18-22(7-3)16-10-14-20/h5-19H2,1-4H3. The second kappa shape index (κ2) is 13.2. The van der Waals surface area contributed by atoms with Crippen LogP contribution in [0.4, 0.5) is 0 Å². The van der Waals surface area contributed by atoms with Gasteiger partial charge >= 0.3 is 0 Å². The molecule has 1 aliphatic heterocycles. The summed E-state index contributed by atoms with van der Waals surface area (Å²) in [6.07, 6.45) is 3.94. The van der Waals surface area contributed by atoms with Crippen LogP contribution in [0, 0.1) is 0 Å². The summed E-state index contributed by atoms with van der Waals surface area (Å²) in [5.41, 5.74) is 0. The zero-order valence-electron chi connectivity index (χ0n) is 16.4. The summed E-state index contributed by atoms with van der Waals surface area (Å²) in [7, 11) is 0. The van der Waals surface area contributed by atoms with Gasteiger partial charge < -0.3 is 19.6 Å². The van der Waals surface area contributed by atoms with Gasteiger partial charge in [-0.25, -0.2) is 0 Å². The molecule has 0 saturated carbocycles. The van der Waals surface area contributed by atoms with Crippen molar-refractivity contribution in [2.45, 2.75) is 47.0 Å². The van der Waals surface area contributed by atoms with Gasteiger partial charge in [0.1, 0.15) is 0 Å². The van der Waals surface area contributed by atoms with E-state index in [2.05, 4.69) is 47.3 Å². The third-order valence-electron chi connectivity index (χ3n) is 5.37. The minimum Gasteiger partial charge on any atom is -0.304 e. The van der Waals surface area contributed by atoms with E-state index in [1.807, 2.05) is 0 Å². The van der Waals surface area contributed by atoms with Gasteiger partial charge in [0.05, 0.1) is 0 Å². The minimum atomic E-state index is 1.19. The summed E-state index contributed by atoms with van der Waals surface area (Å²) in [6.45, 7) is 24.0. The molecule has 4 nitrogen and oxygen atoms in total. The highest BCUT2D eigenvalue weighted by atomic mass is 15.2. The van der Waals surface area contributed by atoms with Gasteiger partial charge in [-0.1, -0.05) is 27.7 Å². The van der Waals surface area contributed by atoms with Crippen molar-refractivity contribution in [2.24, 2.45) is 0 Å². The predicted octanol–water partition coefficient (Wildman–Crippen LogP) is 2.46. The molecule has 1 saturated heterocycles. The van der Waals surface area contributed by atoms with Crippen molar-refractivity contribution in [3.63, 3.8) is 0 Å². The third kappa shape index (κ3) is 9.04. The molecule has 0 aliphatic carbocycles. The van der Waals surface area contributed by atoms with E-state index in [1.54, 1.807) is 0 Å². The van der Waals surface area contributed by atoms with E-state index in [4.69, 9.17) is 0 Å². The molecule has 1 fully saturated rings. The largest absolute Gasteiger partial charge is 0.304 e. The summed E-state index contributed by atoms with van der Waals surface area (Å²) in [5, 5.41) is 0. The van der Waals surface area contributed by atoms with Crippen molar-refractivity contribution in [3.05, 3.63) is 0 Å². The van der Waals surface area contributed by atoms with Gasteiger partial charge in [-0.15, -0.1) is 0 Å². The molecular weight excluding hydrogens is 284 g/mol. The highest BCUT2D eigenvalue weighted by Crippen LogP contribution is 2.03. The maximum Gasteiger partial charge on any atom is 0.0109 e. The molecule has 23 heavy (non-hydrogen) atoms. The molecule has 0 N–H and O–H groups in total. The van der Waals surface area contributed by atoms with Crippen LogP contribution >= 0.6 is 0 Å². The number of rotatable bonds is 4. The fourth-order valence-corrected chi connectivity index (χ4v) is 3.55. The maximum atomic E-state index is 2.64. The normalized spacial score (nSPS) is 23.5. The van der Waals surface area contributed by atoms with E-state index < -0.39 is 0 Å². The second-order valence-electron chi connectivity index (χ2n) is 6.80. The van der Waals surface area contributed by atoms with Crippen LogP contribution in [0.2, 0.25) is 0 Å². The van der Waals surface area contributed by atoms with E-state index in [0.717, 1.165) is 0 Å². The van der Waals surface area contributed by atoms with Crippen LogP contribution in [0.25, 0.3) is 0 Å². The Hall–Kier alpha value is -0.160. The summed E-state index contributed by atoms with van der Waals surface area (Å²) >= 11 is 0. The molecule has 0 amide bonds. The van der Waals surface area contributed by atoms with Crippen LogP contribution in [0.5, 0.6) is 0 Å². The predicted molar refractivity (Wildman–Crippen MR) is 102 cm³/mol. The first kappa shape index (κ1) is 20.9. The summed E-state index contributed by atoms with van der Waals surface area (Å²) in [5.74, 6) is 0. The zero-order valence-corrected chi connectivity index (χ0v) is 16.4. The highest BCUT2D eigenvalue weighted by Gasteiger charge is 2.11. The Morgan fingerprint density at radius 1 is 0.391 bits per heavy atom. The lowest BCUT2D eigenvalue weighted by atomic mass is 10.3. The molecule has 1 rings (SSSR count). The first-order valence-electron chi connectivity index (χ1n) is 10.1. The van der Waals surface area contributed by atoms with Crippen LogP contribution in [0.3, 0.4) is 0 Å². The van der Waals surface area contributed by atoms with Crippen molar-refractivity contribution in [3.8, 4) is 0 Å². The molecule has 1 heterocycles. The number of hydrogen-bond acceptors (Lipinski definition) is 4. The number of nitrogens with zero attached hydrogens (tertiary/aromatic N) is 4. The fraction of sp³-hybridized carbons (Fsp3) is 1.00. The Morgan fingerprint density at radius 2 is 0.609 bits per heavy atom. The first-order chi connectivity index (χ1) is 11.2. The molecular formula is C19H42N4. The molecule has 0 bridgehead atoms. The molecule has 0 atom stereocenters. The molecule has 1 aliphatic rings. The lowest BCUT2D eigenvalue weighted by Gasteiger charge is -2.27. The number of hydrogen-bond donors (Lipinski definition) is 0. The lowest BCUT2D eigenvalue weighted by molar-refractivity contribution is 0.199. The van der Waals surface area contributed by atoms with Gasteiger partial charge in [0.15, 0.2) is 0 Å².